The van der Waals surface area contributed by atoms with Crippen molar-refractivity contribution in [2.45, 2.75) is 57.4 Å². The Morgan fingerprint density at radius 2 is 1.33 bits per heavy atom. The summed E-state index contributed by atoms with van der Waals surface area (Å²) >= 11 is 1.96. The van der Waals surface area contributed by atoms with Gasteiger partial charge in [-0.3, -0.25) is 0 Å². The lowest BCUT2D eigenvalue weighted by Gasteiger charge is -2.29. The minimum atomic E-state index is 0.283. The van der Waals surface area contributed by atoms with Crippen molar-refractivity contribution in [3.8, 4) is 0 Å². The number of fused-ring (bicyclic) bond motifs is 2. The second kappa shape index (κ2) is 5.73. The van der Waals surface area contributed by atoms with Crippen molar-refractivity contribution >= 4 is 22.7 Å². The Hall–Kier alpha value is -0.860. The minimum absolute atomic E-state index is 0.283. The molecular formula is C19H21S2+. The minimum Gasteiger partial charge on any atom is -0.0795 e. The largest absolute Gasteiger partial charge is 0.174 e. The van der Waals surface area contributed by atoms with Gasteiger partial charge in [0.2, 0.25) is 0 Å². The molecule has 1 saturated carbocycles. The highest BCUT2D eigenvalue weighted by Gasteiger charge is 2.42. The Labute approximate surface area is 134 Å². The van der Waals surface area contributed by atoms with Crippen LogP contribution < -0.4 is 0 Å². The second-order valence-electron chi connectivity index (χ2n) is 6.22. The molecule has 2 heteroatoms. The number of rotatable bonds is 1. The van der Waals surface area contributed by atoms with E-state index >= 15 is 0 Å². The lowest BCUT2D eigenvalue weighted by atomic mass is 9.91. The van der Waals surface area contributed by atoms with E-state index in [2.05, 4.69) is 55.5 Å². The zero-order valence-electron chi connectivity index (χ0n) is 12.4. The van der Waals surface area contributed by atoms with Gasteiger partial charge >= 0.3 is 0 Å². The summed E-state index contributed by atoms with van der Waals surface area (Å²) in [4.78, 5) is 6.16. The van der Waals surface area contributed by atoms with Gasteiger partial charge < -0.3 is 0 Å². The highest BCUT2D eigenvalue weighted by atomic mass is 32.2. The van der Waals surface area contributed by atoms with Gasteiger partial charge in [-0.2, -0.15) is 0 Å². The van der Waals surface area contributed by atoms with E-state index in [9.17, 15) is 0 Å². The molecule has 1 aliphatic heterocycles. The average Bonchev–Trinajstić information content (AvgIpc) is 2.53. The maximum Gasteiger partial charge on any atom is 0.174 e. The van der Waals surface area contributed by atoms with Crippen LogP contribution in [0, 0.1) is 5.92 Å². The topological polar surface area (TPSA) is 0 Å². The predicted octanol–water partition coefficient (Wildman–Crippen LogP) is 5.77. The Morgan fingerprint density at radius 1 is 0.810 bits per heavy atom. The molecule has 0 bridgehead atoms. The van der Waals surface area contributed by atoms with Crippen molar-refractivity contribution in [3.05, 3.63) is 48.5 Å². The molecule has 4 rings (SSSR count). The van der Waals surface area contributed by atoms with Crippen LogP contribution >= 0.6 is 11.8 Å². The molecule has 1 heterocycles. The lowest BCUT2D eigenvalue weighted by molar-refractivity contribution is 0.391. The molecule has 0 N–H and O–H groups in total. The van der Waals surface area contributed by atoms with E-state index in [-0.39, 0.29) is 10.9 Å². The van der Waals surface area contributed by atoms with E-state index in [1.165, 1.54) is 35.5 Å². The molecule has 2 aromatic carbocycles. The second-order valence-corrected chi connectivity index (χ2v) is 9.52. The van der Waals surface area contributed by atoms with Crippen molar-refractivity contribution in [3.63, 3.8) is 0 Å². The maximum absolute atomic E-state index is 2.41. The standard InChI is InChI=1S/C19H21S2/c1-14-10-12-15(13-11-14)21-18-8-4-2-6-16(18)20-17-7-3-5-9-19(17)21/h2-9,14-15H,10-13H2,1H3/q+1. The van der Waals surface area contributed by atoms with Gasteiger partial charge in [-0.1, -0.05) is 43.0 Å². The zero-order chi connectivity index (χ0) is 14.2. The van der Waals surface area contributed by atoms with Crippen LogP contribution in [0.3, 0.4) is 0 Å². The van der Waals surface area contributed by atoms with Crippen LogP contribution in [0.1, 0.15) is 32.6 Å². The molecule has 0 aromatic heterocycles. The average molecular weight is 314 g/mol. The number of hydrogen-bond donors (Lipinski definition) is 0. The van der Waals surface area contributed by atoms with Crippen molar-refractivity contribution in [1.82, 2.24) is 0 Å². The van der Waals surface area contributed by atoms with Gasteiger partial charge in [0.05, 0.1) is 20.7 Å². The molecular weight excluding hydrogens is 292 g/mol. The van der Waals surface area contributed by atoms with E-state index < -0.39 is 0 Å². The van der Waals surface area contributed by atoms with Gasteiger partial charge in [-0.05, 0) is 55.9 Å². The summed E-state index contributed by atoms with van der Waals surface area (Å²) in [6.07, 6.45) is 5.62. The van der Waals surface area contributed by atoms with Crippen LogP contribution in [0.25, 0.3) is 0 Å². The van der Waals surface area contributed by atoms with Crippen molar-refractivity contribution < 1.29 is 0 Å². The molecule has 0 amide bonds. The van der Waals surface area contributed by atoms with Crippen LogP contribution in [0.4, 0.5) is 0 Å². The molecule has 0 atom stereocenters. The molecule has 0 spiro atoms. The van der Waals surface area contributed by atoms with E-state index in [0.29, 0.717) is 0 Å². The molecule has 0 saturated heterocycles. The summed E-state index contributed by atoms with van der Waals surface area (Å²) in [5.41, 5.74) is 0. The smallest absolute Gasteiger partial charge is 0.0795 e. The summed E-state index contributed by atoms with van der Waals surface area (Å²) < 4.78 is 0. The molecule has 0 nitrogen and oxygen atoms in total. The molecule has 108 valence electrons. The fourth-order valence-electron chi connectivity index (χ4n) is 3.49. The summed E-state index contributed by atoms with van der Waals surface area (Å²) in [7, 11) is 0.283. The first kappa shape index (κ1) is 13.8. The molecule has 0 unspecified atom stereocenters. The first-order chi connectivity index (χ1) is 10.3. The summed E-state index contributed by atoms with van der Waals surface area (Å²) in [5.74, 6) is 0.925. The Kier molecular flexibility index (Phi) is 3.76. The summed E-state index contributed by atoms with van der Waals surface area (Å²) in [5, 5.41) is 0.851. The third-order valence-electron chi connectivity index (χ3n) is 4.69. The predicted molar refractivity (Wildman–Crippen MR) is 92.3 cm³/mol. The van der Waals surface area contributed by atoms with Crippen molar-refractivity contribution in [2.75, 3.05) is 0 Å². The third kappa shape index (κ3) is 2.53. The SMILES string of the molecule is CC1CCC([S+]2c3ccccc3Sc3ccccc32)CC1. The van der Waals surface area contributed by atoms with Gasteiger partial charge in [-0.25, -0.2) is 0 Å². The van der Waals surface area contributed by atoms with Gasteiger partial charge in [-0.15, -0.1) is 0 Å². The Morgan fingerprint density at radius 3 is 1.90 bits per heavy atom. The molecule has 21 heavy (non-hydrogen) atoms. The Balaban J connectivity index is 1.78. The number of hydrogen-bond acceptors (Lipinski definition) is 1. The highest BCUT2D eigenvalue weighted by molar-refractivity contribution is 8.04. The zero-order valence-corrected chi connectivity index (χ0v) is 14.1. The summed E-state index contributed by atoms with van der Waals surface area (Å²) in [6.45, 7) is 2.41. The lowest BCUT2D eigenvalue weighted by Crippen LogP contribution is -2.29. The van der Waals surface area contributed by atoms with Crippen molar-refractivity contribution in [2.24, 2.45) is 5.92 Å². The fraction of sp³-hybridized carbons (Fsp3) is 0.368. The highest BCUT2D eigenvalue weighted by Crippen LogP contribution is 2.49. The van der Waals surface area contributed by atoms with E-state index in [1.807, 2.05) is 11.8 Å². The monoisotopic (exact) mass is 313 g/mol. The molecule has 1 fully saturated rings. The first-order valence-electron chi connectivity index (χ1n) is 7.92. The van der Waals surface area contributed by atoms with Gasteiger partial charge in [0.15, 0.2) is 9.79 Å². The molecule has 1 aliphatic carbocycles. The van der Waals surface area contributed by atoms with Crippen LogP contribution in [-0.4, -0.2) is 5.25 Å². The maximum atomic E-state index is 2.41. The van der Waals surface area contributed by atoms with E-state index in [1.54, 1.807) is 9.79 Å². The van der Waals surface area contributed by atoms with E-state index in [0.717, 1.165) is 11.2 Å². The van der Waals surface area contributed by atoms with Gasteiger partial charge in [0, 0.05) is 0 Å². The quantitative estimate of drug-likeness (QED) is 0.603. The van der Waals surface area contributed by atoms with Crippen LogP contribution in [0.15, 0.2) is 68.1 Å². The molecule has 2 aliphatic rings. The van der Waals surface area contributed by atoms with Gasteiger partial charge in [0.1, 0.15) is 5.25 Å². The summed E-state index contributed by atoms with van der Waals surface area (Å²) in [6, 6.07) is 18.2. The fourth-order valence-corrected chi connectivity index (χ4v) is 7.87. The van der Waals surface area contributed by atoms with Crippen molar-refractivity contribution in [1.29, 1.82) is 0 Å². The number of benzene rings is 2. The van der Waals surface area contributed by atoms with Crippen LogP contribution in [-0.2, 0) is 10.9 Å². The third-order valence-corrected chi connectivity index (χ3v) is 8.90. The first-order valence-corrected chi connectivity index (χ1v) is 10.0. The van der Waals surface area contributed by atoms with Crippen LogP contribution in [0.5, 0.6) is 0 Å². The van der Waals surface area contributed by atoms with Gasteiger partial charge in [0.25, 0.3) is 0 Å². The Bertz CT molecular complexity index is 596. The normalized spacial score (nSPS) is 25.2. The molecule has 0 radical (unpaired) electrons. The molecule has 2 aromatic rings. The van der Waals surface area contributed by atoms with E-state index in [4.69, 9.17) is 0 Å². The van der Waals surface area contributed by atoms with Crippen LogP contribution in [0.2, 0.25) is 0 Å².